The smallest absolute Gasteiger partial charge is 0.123 e. The van der Waals surface area contributed by atoms with Crippen molar-refractivity contribution in [2.75, 3.05) is 0 Å². The summed E-state index contributed by atoms with van der Waals surface area (Å²) in [6.07, 6.45) is 4.17. The molecule has 1 aromatic carbocycles. The Morgan fingerprint density at radius 2 is 1.88 bits per heavy atom. The molecule has 94 valence electrons. The van der Waals surface area contributed by atoms with Crippen LogP contribution in [0.4, 0.5) is 4.39 Å². The van der Waals surface area contributed by atoms with E-state index in [0.29, 0.717) is 5.02 Å². The molecule has 2 rings (SSSR count). The third kappa shape index (κ3) is 2.09. The maximum Gasteiger partial charge on any atom is 0.123 e. The highest BCUT2D eigenvalue weighted by Gasteiger charge is 2.45. The molecule has 0 radical (unpaired) electrons. The lowest BCUT2D eigenvalue weighted by atomic mass is 9.61. The summed E-state index contributed by atoms with van der Waals surface area (Å²) in [7, 11) is 0. The Kier molecular flexibility index (Phi) is 3.21. The van der Waals surface area contributed by atoms with E-state index in [0.717, 1.165) is 24.8 Å². The van der Waals surface area contributed by atoms with Crippen molar-refractivity contribution in [1.82, 2.24) is 0 Å². The van der Waals surface area contributed by atoms with Gasteiger partial charge >= 0.3 is 0 Å². The number of hydrogen-bond acceptors (Lipinski definition) is 1. The molecule has 0 heterocycles. The van der Waals surface area contributed by atoms with Crippen LogP contribution in [0.5, 0.6) is 0 Å². The highest BCUT2D eigenvalue weighted by molar-refractivity contribution is 6.31. The third-order valence-corrected chi connectivity index (χ3v) is 4.57. The lowest BCUT2D eigenvalue weighted by Crippen LogP contribution is -2.52. The number of hydrogen-bond donors (Lipinski definition) is 1. The van der Waals surface area contributed by atoms with Crippen LogP contribution < -0.4 is 5.73 Å². The van der Waals surface area contributed by atoms with E-state index in [4.69, 9.17) is 17.3 Å². The van der Waals surface area contributed by atoms with Crippen LogP contribution in [0.1, 0.15) is 45.1 Å². The van der Waals surface area contributed by atoms with Crippen molar-refractivity contribution in [1.29, 1.82) is 0 Å². The van der Waals surface area contributed by atoms with Crippen LogP contribution in [0.25, 0.3) is 0 Å². The number of halogens is 2. The van der Waals surface area contributed by atoms with E-state index in [9.17, 15) is 4.39 Å². The molecule has 1 nitrogen and oxygen atoms in total. The van der Waals surface area contributed by atoms with E-state index in [-0.39, 0.29) is 11.2 Å². The predicted octanol–water partition coefficient (Wildman–Crippen LogP) is 4.23. The van der Waals surface area contributed by atoms with Crippen molar-refractivity contribution >= 4 is 11.6 Å². The number of rotatable bonds is 1. The van der Waals surface area contributed by atoms with Crippen molar-refractivity contribution in [3.63, 3.8) is 0 Å². The lowest BCUT2D eigenvalue weighted by molar-refractivity contribution is 0.0976. The molecule has 3 heteroatoms. The Bertz CT molecular complexity index is 430. The summed E-state index contributed by atoms with van der Waals surface area (Å²) in [6.45, 7) is 4.29. The van der Waals surface area contributed by atoms with Gasteiger partial charge in [-0.3, -0.25) is 0 Å². The minimum atomic E-state index is -0.523. The second-order valence-electron chi connectivity index (χ2n) is 5.69. The normalized spacial score (nSPS) is 28.1. The molecule has 0 aliphatic heterocycles. The molecule has 0 saturated heterocycles. The summed E-state index contributed by atoms with van der Waals surface area (Å²) in [5, 5.41) is 0.573. The van der Waals surface area contributed by atoms with Gasteiger partial charge in [-0.05, 0) is 42.0 Å². The second kappa shape index (κ2) is 4.25. The first kappa shape index (κ1) is 12.8. The summed E-state index contributed by atoms with van der Waals surface area (Å²) in [4.78, 5) is 0. The van der Waals surface area contributed by atoms with Gasteiger partial charge in [0.25, 0.3) is 0 Å². The van der Waals surface area contributed by atoms with Crippen LogP contribution in [0, 0.1) is 11.2 Å². The molecule has 1 aromatic rings. The maximum absolute atomic E-state index is 13.4. The van der Waals surface area contributed by atoms with Crippen molar-refractivity contribution in [3.05, 3.63) is 34.6 Å². The molecule has 2 N–H and O–H groups in total. The monoisotopic (exact) mass is 255 g/mol. The molecule has 1 aliphatic carbocycles. The summed E-state index contributed by atoms with van der Waals surface area (Å²) in [6, 6.07) is 4.48. The van der Waals surface area contributed by atoms with Crippen LogP contribution in [-0.2, 0) is 5.54 Å². The minimum Gasteiger partial charge on any atom is -0.321 e. The van der Waals surface area contributed by atoms with E-state index in [1.54, 1.807) is 6.07 Å². The molecule has 0 spiro atoms. The number of benzene rings is 1. The van der Waals surface area contributed by atoms with E-state index in [2.05, 4.69) is 13.8 Å². The van der Waals surface area contributed by atoms with E-state index < -0.39 is 5.54 Å². The van der Waals surface area contributed by atoms with E-state index in [1.165, 1.54) is 18.6 Å². The fourth-order valence-corrected chi connectivity index (χ4v) is 3.16. The van der Waals surface area contributed by atoms with Gasteiger partial charge in [-0.1, -0.05) is 38.3 Å². The average molecular weight is 256 g/mol. The zero-order valence-electron chi connectivity index (χ0n) is 10.4. The first-order chi connectivity index (χ1) is 7.87. The Balaban J connectivity index is 2.52. The van der Waals surface area contributed by atoms with Gasteiger partial charge in [0.1, 0.15) is 5.82 Å². The highest BCUT2D eigenvalue weighted by Crippen LogP contribution is 2.49. The third-order valence-electron chi connectivity index (χ3n) is 4.24. The van der Waals surface area contributed by atoms with Crippen LogP contribution in [-0.4, -0.2) is 0 Å². The van der Waals surface area contributed by atoms with E-state index in [1.807, 2.05) is 0 Å². The van der Waals surface area contributed by atoms with Crippen LogP contribution in [0.3, 0.4) is 0 Å². The predicted molar refractivity (Wildman–Crippen MR) is 69.5 cm³/mol. The Hall–Kier alpha value is -0.600. The summed E-state index contributed by atoms with van der Waals surface area (Å²) in [5.74, 6) is -0.268. The van der Waals surface area contributed by atoms with Crippen LogP contribution >= 0.6 is 11.6 Å². The Labute approximate surface area is 107 Å². The zero-order valence-corrected chi connectivity index (χ0v) is 11.1. The maximum atomic E-state index is 13.4. The van der Waals surface area contributed by atoms with Gasteiger partial charge in [0, 0.05) is 10.6 Å². The Morgan fingerprint density at radius 3 is 2.53 bits per heavy atom. The summed E-state index contributed by atoms with van der Waals surface area (Å²) < 4.78 is 13.4. The van der Waals surface area contributed by atoms with Crippen molar-refractivity contribution < 1.29 is 4.39 Å². The summed E-state index contributed by atoms with van der Waals surface area (Å²) in [5.41, 5.74) is 6.75. The molecule has 1 fully saturated rings. The standard InChI is InChI=1S/C14H19ClFN/c1-13(2)7-3-4-8-14(13,17)11-9-10(16)5-6-12(11)15/h5-6,9H,3-4,7-8,17H2,1-2H3. The van der Waals surface area contributed by atoms with Gasteiger partial charge in [-0.2, -0.15) is 0 Å². The minimum absolute atomic E-state index is 0.0529. The first-order valence-corrected chi connectivity index (χ1v) is 6.49. The fourth-order valence-electron chi connectivity index (χ4n) is 2.87. The SMILES string of the molecule is CC1(C)CCCCC1(N)c1cc(F)ccc1Cl. The average Bonchev–Trinajstić information content (AvgIpc) is 2.26. The van der Waals surface area contributed by atoms with Crippen LogP contribution in [0.2, 0.25) is 5.02 Å². The van der Waals surface area contributed by atoms with Gasteiger partial charge in [-0.25, -0.2) is 4.39 Å². The molecular formula is C14H19ClFN. The number of nitrogens with two attached hydrogens (primary N) is 1. The van der Waals surface area contributed by atoms with Crippen molar-refractivity contribution in [2.24, 2.45) is 11.1 Å². The molecule has 1 atom stereocenters. The molecule has 17 heavy (non-hydrogen) atoms. The van der Waals surface area contributed by atoms with Crippen LogP contribution in [0.15, 0.2) is 18.2 Å². The van der Waals surface area contributed by atoms with Gasteiger partial charge < -0.3 is 5.73 Å². The van der Waals surface area contributed by atoms with Crippen molar-refractivity contribution in [2.45, 2.75) is 45.1 Å². The Morgan fingerprint density at radius 1 is 1.24 bits per heavy atom. The summed E-state index contributed by atoms with van der Waals surface area (Å²) >= 11 is 6.20. The molecular weight excluding hydrogens is 237 g/mol. The molecule has 1 unspecified atom stereocenters. The largest absolute Gasteiger partial charge is 0.321 e. The molecule has 1 aliphatic rings. The van der Waals surface area contributed by atoms with Gasteiger partial charge in [-0.15, -0.1) is 0 Å². The molecule has 1 saturated carbocycles. The fraction of sp³-hybridized carbons (Fsp3) is 0.571. The van der Waals surface area contributed by atoms with Gasteiger partial charge in [0.05, 0.1) is 0 Å². The van der Waals surface area contributed by atoms with Gasteiger partial charge in [0.2, 0.25) is 0 Å². The quantitative estimate of drug-likeness (QED) is 0.798. The first-order valence-electron chi connectivity index (χ1n) is 6.11. The van der Waals surface area contributed by atoms with Gasteiger partial charge in [0.15, 0.2) is 0 Å². The topological polar surface area (TPSA) is 26.0 Å². The molecule has 0 aromatic heterocycles. The second-order valence-corrected chi connectivity index (χ2v) is 6.09. The molecule has 0 amide bonds. The molecule has 0 bridgehead atoms. The van der Waals surface area contributed by atoms with Crippen molar-refractivity contribution in [3.8, 4) is 0 Å². The lowest BCUT2D eigenvalue weighted by Gasteiger charge is -2.48. The highest BCUT2D eigenvalue weighted by atomic mass is 35.5. The van der Waals surface area contributed by atoms with E-state index >= 15 is 0 Å². The zero-order chi connectivity index (χ0) is 12.7.